The molecule has 3 nitrogen and oxygen atoms in total. The molecule has 116 valence electrons. The normalized spacial score (nSPS) is 18.1. The fourth-order valence-corrected chi connectivity index (χ4v) is 3.49. The van der Waals surface area contributed by atoms with Crippen LogP contribution in [0.2, 0.25) is 0 Å². The number of hydrogen-bond acceptors (Lipinski definition) is 3. The second-order valence-electron chi connectivity index (χ2n) is 5.54. The van der Waals surface area contributed by atoms with E-state index in [0.717, 1.165) is 15.6 Å². The van der Waals surface area contributed by atoms with Crippen molar-refractivity contribution in [1.82, 2.24) is 0 Å². The van der Waals surface area contributed by atoms with Gasteiger partial charge < -0.3 is 4.74 Å². The van der Waals surface area contributed by atoms with Crippen LogP contribution in [0.25, 0.3) is 5.57 Å². The fourth-order valence-electron chi connectivity index (χ4n) is 2.77. The van der Waals surface area contributed by atoms with Gasteiger partial charge in [0, 0.05) is 4.47 Å². The van der Waals surface area contributed by atoms with Gasteiger partial charge in [0.15, 0.2) is 5.78 Å². The van der Waals surface area contributed by atoms with Crippen LogP contribution >= 0.6 is 15.9 Å². The van der Waals surface area contributed by atoms with E-state index < -0.39 is 11.9 Å². The van der Waals surface area contributed by atoms with Gasteiger partial charge in [-0.2, -0.15) is 0 Å². The lowest BCUT2D eigenvalue weighted by Gasteiger charge is -2.24. The first-order valence-corrected chi connectivity index (χ1v) is 8.06. The van der Waals surface area contributed by atoms with Gasteiger partial charge in [-0.15, -0.1) is 0 Å². The van der Waals surface area contributed by atoms with Crippen molar-refractivity contribution in [3.05, 3.63) is 75.5 Å². The van der Waals surface area contributed by atoms with Crippen LogP contribution in [0.1, 0.15) is 29.5 Å². The summed E-state index contributed by atoms with van der Waals surface area (Å²) in [7, 11) is 0. The van der Waals surface area contributed by atoms with E-state index in [4.69, 9.17) is 4.74 Å². The molecule has 2 aromatic rings. The van der Waals surface area contributed by atoms with Crippen molar-refractivity contribution >= 4 is 33.3 Å². The average Bonchev–Trinajstić information content (AvgIpc) is 2.50. The summed E-state index contributed by atoms with van der Waals surface area (Å²) in [5.74, 6) is -1.35. The predicted molar refractivity (Wildman–Crippen MR) is 91.8 cm³/mol. The number of ether oxygens (including phenoxy) is 1. The Morgan fingerprint density at radius 1 is 1.00 bits per heavy atom. The lowest BCUT2D eigenvalue weighted by atomic mass is 9.85. The van der Waals surface area contributed by atoms with Crippen LogP contribution in [0.5, 0.6) is 0 Å². The molecule has 1 aliphatic rings. The molecule has 4 heteroatoms. The first-order valence-electron chi connectivity index (χ1n) is 7.27. The van der Waals surface area contributed by atoms with Gasteiger partial charge >= 0.3 is 5.97 Å². The van der Waals surface area contributed by atoms with E-state index in [2.05, 4.69) is 15.9 Å². The zero-order valence-electron chi connectivity index (χ0n) is 12.8. The number of carbonyl (C=O) groups excluding carboxylic acids is 2. The number of aryl methyl sites for hydroxylation is 1. The highest BCUT2D eigenvalue weighted by molar-refractivity contribution is 9.10. The molecule has 0 saturated carbocycles. The monoisotopic (exact) mass is 370 g/mol. The second-order valence-corrected chi connectivity index (χ2v) is 6.39. The van der Waals surface area contributed by atoms with Crippen molar-refractivity contribution in [3.8, 4) is 0 Å². The van der Waals surface area contributed by atoms with E-state index in [9.17, 15) is 9.59 Å². The number of cyclic esters (lactones) is 1. The minimum atomic E-state index is -0.941. The Morgan fingerprint density at radius 2 is 1.70 bits per heavy atom. The topological polar surface area (TPSA) is 43.4 Å². The molecule has 0 amide bonds. The molecule has 0 aromatic heterocycles. The lowest BCUT2D eigenvalue weighted by molar-refractivity contribution is -0.145. The molecule has 0 aliphatic carbocycles. The van der Waals surface area contributed by atoms with Gasteiger partial charge in [-0.1, -0.05) is 58.4 Å². The van der Waals surface area contributed by atoms with Crippen LogP contribution in [0.3, 0.4) is 0 Å². The molecule has 0 fully saturated rings. The lowest BCUT2D eigenvalue weighted by Crippen LogP contribution is -2.30. The Labute approximate surface area is 143 Å². The molecule has 3 rings (SSSR count). The highest BCUT2D eigenvalue weighted by atomic mass is 79.9. The number of carbonyl (C=O) groups is 2. The Bertz CT molecular complexity index is 822. The van der Waals surface area contributed by atoms with Crippen LogP contribution < -0.4 is 0 Å². The molecule has 23 heavy (non-hydrogen) atoms. The summed E-state index contributed by atoms with van der Waals surface area (Å²) in [6, 6.07) is 14.9. The zero-order valence-corrected chi connectivity index (χ0v) is 14.4. The number of halogens is 1. The smallest absolute Gasteiger partial charge is 0.326 e. The largest absolute Gasteiger partial charge is 0.430 e. The number of Topliss-reactive ketones (excluding diaryl/α,β-unsaturated/α-hetero) is 1. The summed E-state index contributed by atoms with van der Waals surface area (Å²) in [5.41, 5.74) is 2.90. The quantitative estimate of drug-likeness (QED) is 0.581. The van der Waals surface area contributed by atoms with Crippen LogP contribution in [-0.4, -0.2) is 11.8 Å². The van der Waals surface area contributed by atoms with E-state index in [1.165, 1.54) is 0 Å². The number of ketones is 1. The molecule has 1 atom stereocenters. The third-order valence-electron chi connectivity index (χ3n) is 3.88. The molecule has 2 aromatic carbocycles. The minimum absolute atomic E-state index is 0.227. The van der Waals surface area contributed by atoms with E-state index in [1.807, 2.05) is 49.4 Å². The van der Waals surface area contributed by atoms with Gasteiger partial charge in [-0.3, -0.25) is 9.59 Å². The summed E-state index contributed by atoms with van der Waals surface area (Å²) in [5, 5.41) is 0. The first-order chi connectivity index (χ1) is 11.0. The molecule has 1 heterocycles. The molecule has 0 saturated heterocycles. The molecular formula is C19H15BrO3. The highest BCUT2D eigenvalue weighted by Gasteiger charge is 2.39. The van der Waals surface area contributed by atoms with E-state index in [0.29, 0.717) is 16.9 Å². The maximum atomic E-state index is 13.0. The fraction of sp³-hybridized carbons (Fsp3) is 0.158. The predicted octanol–water partition coefficient (Wildman–Crippen LogP) is 4.40. The van der Waals surface area contributed by atoms with E-state index in [-0.39, 0.29) is 5.78 Å². The van der Waals surface area contributed by atoms with Gasteiger partial charge in [0.2, 0.25) is 0 Å². The van der Waals surface area contributed by atoms with Gasteiger partial charge in [0.25, 0.3) is 0 Å². The van der Waals surface area contributed by atoms with Crippen LogP contribution in [0.15, 0.2) is 58.8 Å². The van der Waals surface area contributed by atoms with Crippen LogP contribution in [0, 0.1) is 6.92 Å². The zero-order chi connectivity index (χ0) is 16.6. The standard InChI is InChI=1S/C19H15BrO3/c1-11-8-9-14(15(20)10-11)17-18(21)16(12(2)23-19(17)22)13-6-4-3-5-7-13/h3-10,17H,1-2H3. The molecule has 0 N–H and O–H groups in total. The van der Waals surface area contributed by atoms with Crippen molar-refractivity contribution in [2.75, 3.05) is 0 Å². The van der Waals surface area contributed by atoms with Gasteiger partial charge in [-0.05, 0) is 36.6 Å². The van der Waals surface area contributed by atoms with Crippen molar-refractivity contribution in [2.24, 2.45) is 0 Å². The summed E-state index contributed by atoms with van der Waals surface area (Å²) in [4.78, 5) is 25.3. The number of esters is 1. The average molecular weight is 371 g/mol. The third kappa shape index (κ3) is 2.86. The summed E-state index contributed by atoms with van der Waals surface area (Å²) in [6.07, 6.45) is 0. The number of allylic oxidation sites excluding steroid dienone is 2. The molecule has 0 radical (unpaired) electrons. The van der Waals surface area contributed by atoms with Crippen LogP contribution in [0.4, 0.5) is 0 Å². The first kappa shape index (κ1) is 15.7. The maximum absolute atomic E-state index is 13.0. The highest BCUT2D eigenvalue weighted by Crippen LogP contribution is 2.37. The van der Waals surface area contributed by atoms with E-state index in [1.54, 1.807) is 13.0 Å². The summed E-state index contributed by atoms with van der Waals surface area (Å²) < 4.78 is 6.11. The molecule has 0 spiro atoms. The Balaban J connectivity index is 2.10. The summed E-state index contributed by atoms with van der Waals surface area (Å²) >= 11 is 3.45. The van der Waals surface area contributed by atoms with Crippen molar-refractivity contribution < 1.29 is 14.3 Å². The Hall–Kier alpha value is -2.20. The van der Waals surface area contributed by atoms with E-state index >= 15 is 0 Å². The van der Waals surface area contributed by atoms with Gasteiger partial charge in [0.1, 0.15) is 11.7 Å². The SMILES string of the molecule is CC1=C(c2ccccc2)C(=O)C(c2ccc(C)cc2Br)C(=O)O1. The van der Waals surface area contributed by atoms with Gasteiger partial charge in [0.05, 0.1) is 5.57 Å². The van der Waals surface area contributed by atoms with Crippen LogP contribution in [-0.2, 0) is 14.3 Å². The van der Waals surface area contributed by atoms with Crippen molar-refractivity contribution in [1.29, 1.82) is 0 Å². The number of rotatable bonds is 2. The van der Waals surface area contributed by atoms with Gasteiger partial charge in [-0.25, -0.2) is 0 Å². The Morgan fingerprint density at radius 3 is 2.35 bits per heavy atom. The number of hydrogen-bond donors (Lipinski definition) is 0. The molecule has 1 aliphatic heterocycles. The molecule has 0 bridgehead atoms. The van der Waals surface area contributed by atoms with Crippen molar-refractivity contribution in [2.45, 2.75) is 19.8 Å². The van der Waals surface area contributed by atoms with Crippen molar-refractivity contribution in [3.63, 3.8) is 0 Å². The maximum Gasteiger partial charge on any atom is 0.326 e. The summed E-state index contributed by atoms with van der Waals surface area (Å²) in [6.45, 7) is 3.60. The second kappa shape index (κ2) is 6.13. The molecular weight excluding hydrogens is 356 g/mol. The third-order valence-corrected chi connectivity index (χ3v) is 4.57. The molecule has 1 unspecified atom stereocenters. The Kier molecular flexibility index (Phi) is 4.18. The minimum Gasteiger partial charge on any atom is -0.430 e. The number of benzene rings is 2.